The van der Waals surface area contributed by atoms with Crippen molar-refractivity contribution in [1.29, 1.82) is 0 Å². The van der Waals surface area contributed by atoms with Crippen molar-refractivity contribution in [3.05, 3.63) is 11.1 Å². The number of hydrogen-bond donors (Lipinski definition) is 3. The van der Waals surface area contributed by atoms with E-state index in [-0.39, 0.29) is 79.4 Å². The molecule has 3 N–H and O–H groups in total. The second kappa shape index (κ2) is 8.91. The van der Waals surface area contributed by atoms with Crippen LogP contribution in [0.25, 0.3) is 0 Å². The minimum absolute atomic E-state index is 0.0717. The van der Waals surface area contributed by atoms with E-state index in [1.807, 2.05) is 27.7 Å². The number of Topliss-reactive ketones (excluding diaryl/α,β-unsaturated/α-hetero) is 4. The number of allylic oxidation sites excluding steroid dienone is 1. The Morgan fingerprint density at radius 1 is 0.974 bits per heavy atom. The lowest BCUT2D eigenvalue weighted by molar-refractivity contribution is -0.158. The molecule has 8 heteroatoms. The third-order valence-corrected chi connectivity index (χ3v) is 11.3. The Hall–Kier alpha value is -2.19. The third-order valence-electron chi connectivity index (χ3n) is 11.3. The number of aliphatic hydroxyl groups is 2. The number of ketones is 4. The highest BCUT2D eigenvalue weighted by Crippen LogP contribution is 2.70. The molecule has 4 aliphatic carbocycles. The van der Waals surface area contributed by atoms with E-state index in [0.717, 1.165) is 0 Å². The molecule has 9 atom stereocenters. The van der Waals surface area contributed by atoms with Crippen LogP contribution in [0.2, 0.25) is 0 Å². The first-order valence-electron chi connectivity index (χ1n) is 13.8. The van der Waals surface area contributed by atoms with Crippen LogP contribution in [0.4, 0.5) is 0 Å². The van der Waals surface area contributed by atoms with Gasteiger partial charge < -0.3 is 15.3 Å². The summed E-state index contributed by atoms with van der Waals surface area (Å²) >= 11 is 0. The Morgan fingerprint density at radius 2 is 1.58 bits per heavy atom. The summed E-state index contributed by atoms with van der Waals surface area (Å²) in [4.78, 5) is 64.8. The predicted molar refractivity (Wildman–Crippen MR) is 138 cm³/mol. The highest BCUT2D eigenvalue weighted by molar-refractivity contribution is 6.06. The van der Waals surface area contributed by atoms with Crippen LogP contribution in [-0.2, 0) is 24.0 Å². The van der Waals surface area contributed by atoms with Gasteiger partial charge in [-0.05, 0) is 48.5 Å². The lowest BCUT2D eigenvalue weighted by Crippen LogP contribution is -2.62. The highest BCUT2D eigenvalue weighted by Gasteiger charge is 2.70. The predicted octanol–water partition coefficient (Wildman–Crippen LogP) is 3.31. The summed E-state index contributed by atoms with van der Waals surface area (Å²) < 4.78 is 0. The molecule has 0 amide bonds. The first-order valence-corrected chi connectivity index (χ1v) is 13.8. The smallest absolute Gasteiger partial charge is 0.306 e. The quantitative estimate of drug-likeness (QED) is 0.474. The number of carbonyl (C=O) groups excluding carboxylic acids is 4. The van der Waals surface area contributed by atoms with Crippen molar-refractivity contribution >= 4 is 29.1 Å². The summed E-state index contributed by atoms with van der Waals surface area (Å²) in [5.41, 5.74) is -2.92. The zero-order valence-corrected chi connectivity index (χ0v) is 23.6. The third kappa shape index (κ3) is 3.73. The average Bonchev–Trinajstić information content (AvgIpc) is 3.00. The largest absolute Gasteiger partial charge is 0.481 e. The first-order chi connectivity index (χ1) is 17.3. The second-order valence-corrected chi connectivity index (χ2v) is 13.9. The van der Waals surface area contributed by atoms with Gasteiger partial charge in [0.2, 0.25) is 0 Å². The molecule has 0 saturated heterocycles. The summed E-state index contributed by atoms with van der Waals surface area (Å²) in [7, 11) is 0. The Kier molecular flexibility index (Phi) is 6.76. The van der Waals surface area contributed by atoms with Crippen LogP contribution in [0.3, 0.4) is 0 Å². The van der Waals surface area contributed by atoms with Gasteiger partial charge in [0.05, 0.1) is 17.4 Å². The SMILES string of the molecule is CC(CC(=O)CC(C)[C@H]1CC(=O)[C@@]2(C)C3=C(C(=O)C[C@]12C)[C@@]1(C)CC(O)C(=O)C(C)(C)[C@@H]1C[C@@H]3O)C(=O)O. The molecule has 0 aromatic carbocycles. The molecular formula is C30H42O8. The van der Waals surface area contributed by atoms with Gasteiger partial charge in [-0.15, -0.1) is 0 Å². The van der Waals surface area contributed by atoms with E-state index < -0.39 is 45.8 Å². The van der Waals surface area contributed by atoms with Gasteiger partial charge in [0.1, 0.15) is 17.7 Å². The molecular weight excluding hydrogens is 488 g/mol. The van der Waals surface area contributed by atoms with E-state index in [0.29, 0.717) is 11.1 Å². The van der Waals surface area contributed by atoms with E-state index in [1.54, 1.807) is 13.8 Å². The van der Waals surface area contributed by atoms with E-state index in [9.17, 15) is 39.3 Å². The van der Waals surface area contributed by atoms with Crippen molar-refractivity contribution in [1.82, 2.24) is 0 Å². The molecule has 4 rings (SSSR count). The zero-order chi connectivity index (χ0) is 28.7. The van der Waals surface area contributed by atoms with Gasteiger partial charge in [-0.25, -0.2) is 0 Å². The molecule has 38 heavy (non-hydrogen) atoms. The van der Waals surface area contributed by atoms with Gasteiger partial charge in [-0.1, -0.05) is 41.5 Å². The molecule has 0 aromatic heterocycles. The van der Waals surface area contributed by atoms with Crippen LogP contribution in [0, 0.1) is 45.3 Å². The fourth-order valence-corrected chi connectivity index (χ4v) is 9.08. The summed E-state index contributed by atoms with van der Waals surface area (Å²) in [6.07, 6.45) is -1.73. The number of carboxylic acids is 1. The molecule has 0 heterocycles. The van der Waals surface area contributed by atoms with Crippen molar-refractivity contribution in [3.63, 3.8) is 0 Å². The van der Waals surface area contributed by atoms with Gasteiger partial charge in [0.25, 0.3) is 0 Å². The minimum Gasteiger partial charge on any atom is -0.481 e. The highest BCUT2D eigenvalue weighted by atomic mass is 16.4. The van der Waals surface area contributed by atoms with E-state index in [1.165, 1.54) is 6.92 Å². The van der Waals surface area contributed by atoms with Crippen LogP contribution in [0.5, 0.6) is 0 Å². The zero-order valence-electron chi connectivity index (χ0n) is 23.6. The number of aliphatic hydroxyl groups excluding tert-OH is 2. The molecule has 0 aromatic rings. The monoisotopic (exact) mass is 530 g/mol. The van der Waals surface area contributed by atoms with Crippen molar-refractivity contribution in [2.45, 2.75) is 99.2 Å². The van der Waals surface area contributed by atoms with Gasteiger partial charge in [-0.3, -0.25) is 24.0 Å². The number of hydrogen-bond acceptors (Lipinski definition) is 7. The Labute approximate surface area is 224 Å². The maximum absolute atomic E-state index is 14.1. The molecule has 210 valence electrons. The minimum atomic E-state index is -1.23. The van der Waals surface area contributed by atoms with Crippen LogP contribution in [0.15, 0.2) is 11.1 Å². The van der Waals surface area contributed by atoms with Gasteiger partial charge in [-0.2, -0.15) is 0 Å². The number of carboxylic acid groups (broad SMARTS) is 1. The molecule has 2 fully saturated rings. The van der Waals surface area contributed by atoms with Crippen molar-refractivity contribution in [3.8, 4) is 0 Å². The molecule has 3 unspecified atom stereocenters. The molecule has 8 nitrogen and oxygen atoms in total. The molecule has 0 radical (unpaired) electrons. The normalized spacial score (nSPS) is 41.8. The number of aliphatic carboxylic acids is 1. The molecule has 0 bridgehead atoms. The summed E-state index contributed by atoms with van der Waals surface area (Å²) in [5.74, 6) is -3.46. The Bertz CT molecular complexity index is 1150. The van der Waals surface area contributed by atoms with Gasteiger partial charge in [0, 0.05) is 42.1 Å². The van der Waals surface area contributed by atoms with Crippen LogP contribution < -0.4 is 0 Å². The summed E-state index contributed by atoms with van der Waals surface area (Å²) in [6, 6.07) is 0. The van der Waals surface area contributed by atoms with E-state index in [2.05, 4.69) is 0 Å². The summed E-state index contributed by atoms with van der Waals surface area (Å²) in [5, 5.41) is 31.5. The van der Waals surface area contributed by atoms with Gasteiger partial charge >= 0.3 is 5.97 Å². The van der Waals surface area contributed by atoms with Crippen LogP contribution in [-0.4, -0.2) is 56.6 Å². The number of fused-ring (bicyclic) bond motifs is 4. The Morgan fingerprint density at radius 3 is 2.16 bits per heavy atom. The maximum atomic E-state index is 14.1. The molecule has 4 aliphatic rings. The lowest BCUT2D eigenvalue weighted by atomic mass is 9.42. The topological polar surface area (TPSA) is 146 Å². The van der Waals surface area contributed by atoms with E-state index in [4.69, 9.17) is 0 Å². The molecule has 0 spiro atoms. The second-order valence-electron chi connectivity index (χ2n) is 13.9. The molecule has 2 saturated carbocycles. The van der Waals surface area contributed by atoms with Crippen LogP contribution >= 0.6 is 0 Å². The Balaban J connectivity index is 1.77. The van der Waals surface area contributed by atoms with E-state index >= 15 is 0 Å². The van der Waals surface area contributed by atoms with Crippen molar-refractivity contribution in [2.24, 2.45) is 45.3 Å². The van der Waals surface area contributed by atoms with Crippen LogP contribution in [0.1, 0.15) is 87.0 Å². The number of carbonyl (C=O) groups is 5. The fourth-order valence-electron chi connectivity index (χ4n) is 9.08. The first kappa shape index (κ1) is 28.8. The summed E-state index contributed by atoms with van der Waals surface area (Å²) in [6.45, 7) is 12.5. The molecule has 0 aliphatic heterocycles. The maximum Gasteiger partial charge on any atom is 0.306 e. The lowest BCUT2D eigenvalue weighted by Gasteiger charge is -2.60. The van der Waals surface area contributed by atoms with Crippen molar-refractivity contribution in [2.75, 3.05) is 0 Å². The standard InChI is InChI=1S/C30H42O8/c1-14(8-16(31)9-15(2)26(37)38)17-10-22(35)30(7)24-18(32)11-21-27(3,4)25(36)20(34)12-28(21,5)23(24)19(33)13-29(17,30)6/h14-15,17-18,20-21,32,34H,8-13H2,1-7H3,(H,37,38)/t14?,15?,17-,18+,20?,21+,28+,29-,30+/m1/s1. The fraction of sp³-hybridized carbons (Fsp3) is 0.767. The number of rotatable bonds is 6. The average molecular weight is 531 g/mol. The van der Waals surface area contributed by atoms with Gasteiger partial charge in [0.15, 0.2) is 11.6 Å². The van der Waals surface area contributed by atoms with Crippen molar-refractivity contribution < 1.29 is 39.3 Å².